The molecule has 3 heterocycles. The van der Waals surface area contributed by atoms with Crippen LogP contribution in [0.4, 0.5) is 10.5 Å². The van der Waals surface area contributed by atoms with Crippen LogP contribution >= 0.6 is 23.4 Å². The number of para-hydroxylation sites is 1. The van der Waals surface area contributed by atoms with Crippen LogP contribution in [0, 0.1) is 10.1 Å². The predicted molar refractivity (Wildman–Crippen MR) is 165 cm³/mol. The molecule has 1 N–H and O–H groups in total. The van der Waals surface area contributed by atoms with E-state index in [9.17, 15) is 14.9 Å². The van der Waals surface area contributed by atoms with E-state index >= 15 is 0 Å². The molecule has 0 unspecified atom stereocenters. The van der Waals surface area contributed by atoms with Crippen molar-refractivity contribution in [3.05, 3.63) is 139 Å². The second kappa shape index (κ2) is 10.8. The Hall–Kier alpha value is -4.80. The van der Waals surface area contributed by atoms with Gasteiger partial charge in [-0.1, -0.05) is 78.3 Å². The van der Waals surface area contributed by atoms with Gasteiger partial charge in [0, 0.05) is 40.3 Å². The number of hydrogen-bond acceptors (Lipinski definition) is 8. The number of amides is 1. The summed E-state index contributed by atoms with van der Waals surface area (Å²) in [5, 5.41) is 21.7. The second-order valence-electron chi connectivity index (χ2n) is 10.1. The van der Waals surface area contributed by atoms with Crippen molar-refractivity contribution in [2.45, 2.75) is 24.9 Å². The second-order valence-corrected chi connectivity index (χ2v) is 11.6. The smallest absolute Gasteiger partial charge is 0.314 e. The van der Waals surface area contributed by atoms with Crippen molar-refractivity contribution in [2.75, 3.05) is 0 Å². The van der Waals surface area contributed by atoms with Gasteiger partial charge in [-0.25, -0.2) is 5.01 Å². The lowest BCUT2D eigenvalue weighted by Crippen LogP contribution is -2.61. The van der Waals surface area contributed by atoms with E-state index in [2.05, 4.69) is 5.32 Å². The first-order valence-corrected chi connectivity index (χ1v) is 14.7. The monoisotopic (exact) mass is 610 g/mol. The molecule has 3 aliphatic rings. The molecule has 9 nitrogen and oxygen atoms in total. The Morgan fingerprint density at radius 3 is 2.67 bits per heavy atom. The van der Waals surface area contributed by atoms with Crippen LogP contribution in [0.25, 0.3) is 6.08 Å². The first kappa shape index (κ1) is 27.1. The molecule has 4 aromatic carbocycles. The maximum absolute atomic E-state index is 13.1. The van der Waals surface area contributed by atoms with Gasteiger partial charge in [-0.15, -0.1) is 0 Å². The molecule has 0 saturated carbocycles. The molecule has 0 radical (unpaired) electrons. The van der Waals surface area contributed by atoms with E-state index in [0.29, 0.717) is 33.4 Å². The first-order valence-electron chi connectivity index (χ1n) is 13.5. The molecule has 1 spiro atoms. The normalized spacial score (nSPS) is 21.2. The highest BCUT2D eigenvalue weighted by molar-refractivity contribution is 8.17. The van der Waals surface area contributed by atoms with Gasteiger partial charge in [-0.05, 0) is 41.6 Å². The first-order chi connectivity index (χ1) is 20.9. The maximum atomic E-state index is 13.1. The number of halogens is 1. The Morgan fingerprint density at radius 1 is 1.09 bits per heavy atom. The fourth-order valence-corrected chi connectivity index (χ4v) is 6.57. The van der Waals surface area contributed by atoms with Gasteiger partial charge in [0.15, 0.2) is 0 Å². The summed E-state index contributed by atoms with van der Waals surface area (Å²) in [6, 6.07) is 29.0. The van der Waals surface area contributed by atoms with Crippen molar-refractivity contribution in [3.8, 4) is 11.5 Å². The van der Waals surface area contributed by atoms with Crippen molar-refractivity contribution in [2.24, 2.45) is 5.10 Å². The summed E-state index contributed by atoms with van der Waals surface area (Å²) in [5.74, 6) is -0.464. The Balaban J connectivity index is 1.34. The minimum absolute atomic E-state index is 0.119. The zero-order valence-corrected chi connectivity index (χ0v) is 24.0. The summed E-state index contributed by atoms with van der Waals surface area (Å²) in [4.78, 5) is 24.8. The summed E-state index contributed by atoms with van der Waals surface area (Å²) in [5.41, 5.74) is 3.83. The highest BCUT2D eigenvalue weighted by Crippen LogP contribution is 2.53. The number of rotatable bonds is 6. The minimum atomic E-state index is -1.47. The number of non-ortho nitro benzene ring substituents is 1. The summed E-state index contributed by atoms with van der Waals surface area (Å²) in [6.45, 7) is 0.145. The SMILES string of the molecule is O=C1N[C@]2(Oc3ccccc3[C@H]3CC(c4ccccc4)=NN32)/C(=C/c2cc([N+](=O)[O-])ccc2OCc2ccccc2Cl)S1. The van der Waals surface area contributed by atoms with Crippen LogP contribution in [0.1, 0.15) is 34.7 Å². The lowest BCUT2D eigenvalue weighted by atomic mass is 9.95. The van der Waals surface area contributed by atoms with Crippen molar-refractivity contribution in [3.63, 3.8) is 0 Å². The van der Waals surface area contributed by atoms with Crippen LogP contribution in [0.15, 0.2) is 107 Å². The minimum Gasteiger partial charge on any atom is -0.488 e. The number of benzene rings is 4. The van der Waals surface area contributed by atoms with Gasteiger partial charge in [0.05, 0.1) is 21.6 Å². The highest BCUT2D eigenvalue weighted by Gasteiger charge is 2.58. The van der Waals surface area contributed by atoms with E-state index in [-0.39, 0.29) is 23.6 Å². The van der Waals surface area contributed by atoms with Crippen molar-refractivity contribution in [1.29, 1.82) is 0 Å². The number of carbonyl (C=O) groups excluding carboxylic acids is 1. The number of ether oxygens (including phenoxy) is 2. The zero-order chi connectivity index (χ0) is 29.6. The van der Waals surface area contributed by atoms with Gasteiger partial charge in [0.1, 0.15) is 18.1 Å². The third-order valence-electron chi connectivity index (χ3n) is 7.52. The molecule has 4 aromatic rings. The number of carbonyl (C=O) groups is 1. The van der Waals surface area contributed by atoms with E-state index in [1.807, 2.05) is 72.8 Å². The van der Waals surface area contributed by atoms with Crippen LogP contribution in [0.5, 0.6) is 11.5 Å². The Kier molecular flexibility index (Phi) is 6.79. The summed E-state index contributed by atoms with van der Waals surface area (Å²) in [7, 11) is 0. The molecule has 1 saturated heterocycles. The highest BCUT2D eigenvalue weighted by atomic mass is 35.5. The molecule has 0 bridgehead atoms. The van der Waals surface area contributed by atoms with Gasteiger partial charge >= 0.3 is 5.85 Å². The van der Waals surface area contributed by atoms with E-state index in [1.54, 1.807) is 23.2 Å². The van der Waals surface area contributed by atoms with Gasteiger partial charge in [-0.2, -0.15) is 5.10 Å². The van der Waals surface area contributed by atoms with Gasteiger partial charge in [0.25, 0.3) is 10.9 Å². The summed E-state index contributed by atoms with van der Waals surface area (Å²) < 4.78 is 12.7. The molecule has 7 rings (SSSR count). The van der Waals surface area contributed by atoms with Crippen LogP contribution < -0.4 is 14.8 Å². The average Bonchev–Trinajstić information content (AvgIpc) is 3.60. The van der Waals surface area contributed by atoms with Crippen molar-refractivity contribution < 1.29 is 19.2 Å². The topological polar surface area (TPSA) is 106 Å². The number of hydrazone groups is 1. The van der Waals surface area contributed by atoms with Gasteiger partial charge < -0.3 is 9.47 Å². The molecule has 1 amide bonds. The van der Waals surface area contributed by atoms with Crippen molar-refractivity contribution in [1.82, 2.24) is 10.3 Å². The van der Waals surface area contributed by atoms with E-state index in [1.165, 1.54) is 12.1 Å². The molecule has 1 fully saturated rings. The summed E-state index contributed by atoms with van der Waals surface area (Å²) >= 11 is 7.29. The molecular formula is C32H23ClN4O5S. The van der Waals surface area contributed by atoms with Crippen LogP contribution in [-0.2, 0) is 6.61 Å². The number of nitrogens with zero attached hydrogens (tertiary/aromatic N) is 3. The number of nitro benzene ring substituents is 1. The Bertz CT molecular complexity index is 1830. The lowest BCUT2D eigenvalue weighted by molar-refractivity contribution is -0.384. The molecule has 2 atom stereocenters. The number of fused-ring (bicyclic) bond motifs is 4. The molecule has 3 aliphatic heterocycles. The van der Waals surface area contributed by atoms with Gasteiger partial charge in [-0.3, -0.25) is 20.2 Å². The number of thioether (sulfide) groups is 1. The molecule has 0 aromatic heterocycles. The number of hydrogen-bond donors (Lipinski definition) is 1. The predicted octanol–water partition coefficient (Wildman–Crippen LogP) is 7.52. The quantitative estimate of drug-likeness (QED) is 0.178. The lowest BCUT2D eigenvalue weighted by Gasteiger charge is -2.45. The van der Waals surface area contributed by atoms with Crippen LogP contribution in [0.2, 0.25) is 5.02 Å². The Labute approximate surface area is 255 Å². The largest absolute Gasteiger partial charge is 0.488 e. The fourth-order valence-electron chi connectivity index (χ4n) is 5.48. The molecule has 43 heavy (non-hydrogen) atoms. The molecule has 11 heteroatoms. The van der Waals surface area contributed by atoms with E-state index in [0.717, 1.165) is 34.2 Å². The van der Waals surface area contributed by atoms with E-state index < -0.39 is 10.8 Å². The third-order valence-corrected chi connectivity index (χ3v) is 8.79. The fraction of sp³-hybridized carbons (Fsp3) is 0.125. The number of nitrogens with one attached hydrogen (secondary N) is 1. The molecule has 214 valence electrons. The molecule has 0 aliphatic carbocycles. The van der Waals surface area contributed by atoms with Crippen LogP contribution in [-0.4, -0.2) is 26.7 Å². The maximum Gasteiger partial charge on any atom is 0.314 e. The Morgan fingerprint density at radius 2 is 1.86 bits per heavy atom. The third kappa shape index (κ3) is 4.88. The van der Waals surface area contributed by atoms with Crippen LogP contribution in [0.3, 0.4) is 0 Å². The van der Waals surface area contributed by atoms with Crippen molar-refractivity contribution >= 4 is 46.1 Å². The average molecular weight is 611 g/mol. The summed E-state index contributed by atoms with van der Waals surface area (Å²) in [6.07, 6.45) is 2.29. The number of nitro groups is 1. The standard InChI is InChI=1S/C32H23ClN4O5S/c33-25-12-6-4-10-21(25)19-41-28-15-14-23(37(39)40)16-22(28)17-30-32(34-31(38)43-30)36-27(24-11-5-7-13-29(24)42-32)18-26(35-36)20-8-2-1-3-9-20/h1-17,27H,18-19H2,(H,34,38)/b30-17-/t27-,32-/m1/s1. The zero-order valence-electron chi connectivity index (χ0n) is 22.5. The van der Waals surface area contributed by atoms with E-state index in [4.69, 9.17) is 26.2 Å². The molecular weight excluding hydrogens is 588 g/mol. The van der Waals surface area contributed by atoms with Gasteiger partial charge in [0.2, 0.25) is 0 Å².